The molecule has 4 rings (SSSR count). The zero-order valence-corrected chi connectivity index (χ0v) is 14.9. The molecule has 1 aliphatic heterocycles. The van der Waals surface area contributed by atoms with Crippen LogP contribution in [0.3, 0.4) is 0 Å². The number of imide groups is 1. The van der Waals surface area contributed by atoms with Crippen molar-refractivity contribution >= 4 is 29.6 Å². The molecular formula is C19H20N4O4. The van der Waals surface area contributed by atoms with E-state index in [1.54, 1.807) is 18.2 Å². The predicted octanol–water partition coefficient (Wildman–Crippen LogP) is 1.26. The Hall–Kier alpha value is -2.99. The summed E-state index contributed by atoms with van der Waals surface area (Å²) in [5.41, 5.74) is 0.870. The average Bonchev–Trinajstić information content (AvgIpc) is 3.39. The van der Waals surface area contributed by atoms with Crippen LogP contribution in [0.15, 0.2) is 23.2 Å². The Kier molecular flexibility index (Phi) is 4.08. The van der Waals surface area contributed by atoms with Crippen molar-refractivity contribution in [1.29, 1.82) is 0 Å². The number of nitrogens with one attached hydrogen (secondary N) is 2. The molecule has 1 saturated heterocycles. The Bertz CT molecular complexity index is 888. The van der Waals surface area contributed by atoms with Crippen LogP contribution in [0.5, 0.6) is 0 Å². The van der Waals surface area contributed by atoms with Crippen LogP contribution in [0.25, 0.3) is 0 Å². The molecule has 140 valence electrons. The average molecular weight is 368 g/mol. The zero-order chi connectivity index (χ0) is 19.2. The van der Waals surface area contributed by atoms with Gasteiger partial charge in [-0.3, -0.25) is 14.5 Å². The maximum Gasteiger partial charge on any atom is 0.325 e. The number of benzene rings is 1. The molecule has 1 unspecified atom stereocenters. The summed E-state index contributed by atoms with van der Waals surface area (Å²) in [6.45, 7) is 1.65. The number of aryl methyl sites for hydroxylation is 1. The van der Waals surface area contributed by atoms with Crippen molar-refractivity contribution in [3.05, 3.63) is 29.3 Å². The van der Waals surface area contributed by atoms with E-state index in [1.807, 2.05) is 6.92 Å². The molecule has 0 radical (unpaired) electrons. The van der Waals surface area contributed by atoms with Gasteiger partial charge < -0.3 is 10.6 Å². The highest BCUT2D eigenvalue weighted by molar-refractivity contribution is 6.10. The molecule has 3 aliphatic rings. The van der Waals surface area contributed by atoms with Gasteiger partial charge in [0.15, 0.2) is 0 Å². The zero-order valence-electron chi connectivity index (χ0n) is 14.9. The van der Waals surface area contributed by atoms with Crippen LogP contribution in [0.4, 0.5) is 10.5 Å². The lowest BCUT2D eigenvalue weighted by Crippen LogP contribution is -2.45. The van der Waals surface area contributed by atoms with E-state index in [1.165, 1.54) is 6.08 Å². The van der Waals surface area contributed by atoms with E-state index in [4.69, 9.17) is 0 Å². The van der Waals surface area contributed by atoms with E-state index in [2.05, 4.69) is 15.6 Å². The molecular weight excluding hydrogens is 348 g/mol. The van der Waals surface area contributed by atoms with Gasteiger partial charge in [-0.05, 0) is 61.8 Å². The molecule has 2 aliphatic carbocycles. The lowest BCUT2D eigenvalue weighted by molar-refractivity contribution is -0.135. The number of rotatable bonds is 5. The van der Waals surface area contributed by atoms with Crippen LogP contribution < -0.4 is 10.6 Å². The first-order valence-corrected chi connectivity index (χ1v) is 9.09. The molecule has 1 saturated carbocycles. The number of nitrogens with zero attached hydrogens (tertiary/aromatic N) is 2. The van der Waals surface area contributed by atoms with Crippen LogP contribution in [0, 0.1) is 5.92 Å². The number of carbonyl (C=O) groups is 3. The third-order valence-electron chi connectivity index (χ3n) is 5.69. The fraction of sp³-hybridized carbons (Fsp3) is 0.474. The Balaban J connectivity index is 1.53. The Morgan fingerprint density at radius 1 is 1.44 bits per heavy atom. The SMILES string of the molecule is C[C@H](NC(=O)CN1C(=O)NC2(CCc3cc(N=C=O)ccc32)C1=O)C1CC1. The standard InChI is InChI=1S/C19H20N4O4/c1-11(12-2-3-12)21-16(25)9-23-17(26)19(22-18(23)27)7-6-13-8-14(20-10-24)4-5-15(13)19/h4-5,8,11-12H,2-3,6-7,9H2,1H3,(H,21,25)(H,22,27)/t11-,19?/m0/s1. The number of carbonyl (C=O) groups excluding carboxylic acids is 4. The Labute approximate surface area is 156 Å². The number of hydrogen-bond acceptors (Lipinski definition) is 5. The van der Waals surface area contributed by atoms with Crippen LogP contribution in [0.1, 0.15) is 37.3 Å². The largest absolute Gasteiger partial charge is 0.352 e. The minimum Gasteiger partial charge on any atom is -0.352 e. The monoisotopic (exact) mass is 368 g/mol. The van der Waals surface area contributed by atoms with Gasteiger partial charge in [0.25, 0.3) is 5.91 Å². The minimum absolute atomic E-state index is 0.0521. The van der Waals surface area contributed by atoms with Gasteiger partial charge >= 0.3 is 6.03 Å². The van der Waals surface area contributed by atoms with Crippen molar-refractivity contribution < 1.29 is 19.2 Å². The molecule has 4 amide bonds. The fourth-order valence-electron chi connectivity index (χ4n) is 4.06. The van der Waals surface area contributed by atoms with Crippen molar-refractivity contribution in [3.63, 3.8) is 0 Å². The maximum absolute atomic E-state index is 13.1. The highest BCUT2D eigenvalue weighted by Crippen LogP contribution is 2.42. The molecule has 0 aromatic heterocycles. The van der Waals surface area contributed by atoms with Crippen molar-refractivity contribution in [3.8, 4) is 0 Å². The smallest absolute Gasteiger partial charge is 0.325 e. The second-order valence-corrected chi connectivity index (χ2v) is 7.46. The summed E-state index contributed by atoms with van der Waals surface area (Å²) in [7, 11) is 0. The lowest BCUT2D eigenvalue weighted by atomic mass is 9.91. The summed E-state index contributed by atoms with van der Waals surface area (Å²) in [6, 6.07) is 4.53. The van der Waals surface area contributed by atoms with Gasteiger partial charge in [0, 0.05) is 6.04 Å². The van der Waals surface area contributed by atoms with Gasteiger partial charge in [-0.15, -0.1) is 0 Å². The van der Waals surface area contributed by atoms with Crippen molar-refractivity contribution in [2.24, 2.45) is 10.9 Å². The minimum atomic E-state index is -1.14. The molecule has 2 fully saturated rings. The van der Waals surface area contributed by atoms with Crippen LogP contribution >= 0.6 is 0 Å². The molecule has 27 heavy (non-hydrogen) atoms. The number of aliphatic imine (C=N–C) groups is 1. The Morgan fingerprint density at radius 2 is 2.22 bits per heavy atom. The maximum atomic E-state index is 13.1. The van der Waals surface area contributed by atoms with Crippen LogP contribution in [-0.2, 0) is 26.3 Å². The van der Waals surface area contributed by atoms with E-state index < -0.39 is 17.5 Å². The molecule has 8 heteroatoms. The fourth-order valence-corrected chi connectivity index (χ4v) is 4.06. The van der Waals surface area contributed by atoms with Gasteiger partial charge in [-0.2, -0.15) is 4.99 Å². The third kappa shape index (κ3) is 2.92. The van der Waals surface area contributed by atoms with Gasteiger partial charge in [-0.25, -0.2) is 9.59 Å². The molecule has 1 spiro atoms. The number of isocyanates is 1. The molecule has 8 nitrogen and oxygen atoms in total. The van der Waals surface area contributed by atoms with E-state index in [9.17, 15) is 19.2 Å². The first-order valence-electron chi connectivity index (χ1n) is 9.09. The highest BCUT2D eigenvalue weighted by Gasteiger charge is 2.55. The highest BCUT2D eigenvalue weighted by atomic mass is 16.2. The summed E-state index contributed by atoms with van der Waals surface area (Å²) >= 11 is 0. The summed E-state index contributed by atoms with van der Waals surface area (Å²) in [5.74, 6) is -0.246. The number of amides is 4. The first kappa shape index (κ1) is 17.4. The topological polar surface area (TPSA) is 108 Å². The first-order chi connectivity index (χ1) is 12.9. The van der Waals surface area contributed by atoms with E-state index in [0.29, 0.717) is 30.0 Å². The van der Waals surface area contributed by atoms with Gasteiger partial charge in [0.05, 0.1) is 5.69 Å². The third-order valence-corrected chi connectivity index (χ3v) is 5.69. The number of urea groups is 1. The number of fused-ring (bicyclic) bond motifs is 2. The molecule has 2 atom stereocenters. The van der Waals surface area contributed by atoms with Crippen molar-refractivity contribution in [2.45, 2.75) is 44.2 Å². The van der Waals surface area contributed by atoms with Crippen LogP contribution in [-0.4, -0.2) is 41.4 Å². The van der Waals surface area contributed by atoms with E-state index in [0.717, 1.165) is 23.3 Å². The Morgan fingerprint density at radius 3 is 2.93 bits per heavy atom. The second kappa shape index (κ2) is 6.32. The van der Waals surface area contributed by atoms with E-state index >= 15 is 0 Å². The molecule has 1 heterocycles. The number of hydrogen-bond donors (Lipinski definition) is 2. The molecule has 2 N–H and O–H groups in total. The quantitative estimate of drug-likeness (QED) is 0.463. The van der Waals surface area contributed by atoms with Crippen LogP contribution in [0.2, 0.25) is 0 Å². The summed E-state index contributed by atoms with van der Waals surface area (Å²) in [5, 5.41) is 5.65. The summed E-state index contributed by atoms with van der Waals surface area (Å²) in [6.07, 6.45) is 4.68. The van der Waals surface area contributed by atoms with Crippen molar-refractivity contribution in [2.75, 3.05) is 6.54 Å². The predicted molar refractivity (Wildman–Crippen MR) is 94.8 cm³/mol. The van der Waals surface area contributed by atoms with Gasteiger partial charge in [0.2, 0.25) is 12.0 Å². The normalized spacial score (nSPS) is 24.4. The second-order valence-electron chi connectivity index (χ2n) is 7.46. The van der Waals surface area contributed by atoms with E-state index in [-0.39, 0.29) is 18.5 Å². The van der Waals surface area contributed by atoms with Crippen molar-refractivity contribution in [1.82, 2.24) is 15.5 Å². The molecule has 1 aromatic rings. The lowest BCUT2D eigenvalue weighted by Gasteiger charge is -2.22. The summed E-state index contributed by atoms with van der Waals surface area (Å²) in [4.78, 5) is 52.8. The van der Waals surface area contributed by atoms with Gasteiger partial charge in [-0.1, -0.05) is 6.07 Å². The van der Waals surface area contributed by atoms with Gasteiger partial charge in [0.1, 0.15) is 12.1 Å². The summed E-state index contributed by atoms with van der Waals surface area (Å²) < 4.78 is 0. The molecule has 1 aromatic carbocycles. The molecule has 0 bridgehead atoms.